The Morgan fingerprint density at radius 2 is 1.75 bits per heavy atom. The molecule has 1 saturated heterocycles. The Morgan fingerprint density at radius 1 is 1.06 bits per heavy atom. The second-order valence-corrected chi connectivity index (χ2v) is 8.35. The molecule has 1 amide bonds. The highest BCUT2D eigenvalue weighted by Crippen LogP contribution is 2.49. The molecule has 0 aliphatic carbocycles. The number of anilines is 2. The molecular weight excluding hydrogens is 422 g/mol. The third-order valence-electron chi connectivity index (χ3n) is 6.07. The van der Waals surface area contributed by atoms with Crippen LogP contribution in [0.1, 0.15) is 18.5 Å². The zero-order chi connectivity index (χ0) is 22.3. The SMILES string of the molecule is COc1ccccc1NC(=O)C1C2NC(=S)N(c3ccccc3)C1(C)Oc1ccccc12. The van der Waals surface area contributed by atoms with Gasteiger partial charge in [-0.3, -0.25) is 9.69 Å². The molecule has 1 fully saturated rings. The Bertz CT molecular complexity index is 1190. The van der Waals surface area contributed by atoms with Crippen LogP contribution in [0.4, 0.5) is 11.4 Å². The number of hydrogen-bond acceptors (Lipinski definition) is 4. The van der Waals surface area contributed by atoms with Crippen molar-refractivity contribution in [2.45, 2.75) is 18.7 Å². The van der Waals surface area contributed by atoms with Crippen molar-refractivity contribution in [3.63, 3.8) is 0 Å². The highest BCUT2D eigenvalue weighted by Gasteiger charge is 2.59. The van der Waals surface area contributed by atoms with Crippen molar-refractivity contribution < 1.29 is 14.3 Å². The highest BCUT2D eigenvalue weighted by molar-refractivity contribution is 7.80. The molecule has 0 spiro atoms. The van der Waals surface area contributed by atoms with Crippen LogP contribution in [0.25, 0.3) is 0 Å². The molecule has 3 atom stereocenters. The number of benzene rings is 3. The molecule has 2 aliphatic rings. The number of fused-ring (bicyclic) bond motifs is 4. The highest BCUT2D eigenvalue weighted by atomic mass is 32.1. The van der Waals surface area contributed by atoms with E-state index in [9.17, 15) is 4.79 Å². The first-order valence-corrected chi connectivity index (χ1v) is 10.8. The zero-order valence-corrected chi connectivity index (χ0v) is 18.6. The van der Waals surface area contributed by atoms with E-state index >= 15 is 0 Å². The number of hydrogen-bond donors (Lipinski definition) is 2. The van der Waals surface area contributed by atoms with Crippen LogP contribution in [-0.4, -0.2) is 23.9 Å². The minimum atomic E-state index is -1.05. The maximum Gasteiger partial charge on any atom is 0.236 e. The van der Waals surface area contributed by atoms with Crippen molar-refractivity contribution in [2.24, 2.45) is 5.92 Å². The van der Waals surface area contributed by atoms with Crippen LogP contribution in [0.3, 0.4) is 0 Å². The van der Waals surface area contributed by atoms with Crippen molar-refractivity contribution in [3.05, 3.63) is 84.4 Å². The first-order valence-electron chi connectivity index (χ1n) is 10.4. The van der Waals surface area contributed by atoms with Crippen LogP contribution in [0.5, 0.6) is 11.5 Å². The maximum absolute atomic E-state index is 13.8. The molecule has 3 unspecified atom stereocenters. The van der Waals surface area contributed by atoms with E-state index in [4.69, 9.17) is 21.7 Å². The van der Waals surface area contributed by atoms with Crippen molar-refractivity contribution in [3.8, 4) is 11.5 Å². The van der Waals surface area contributed by atoms with Crippen molar-refractivity contribution in [1.29, 1.82) is 0 Å². The van der Waals surface area contributed by atoms with Gasteiger partial charge < -0.3 is 20.1 Å². The molecule has 2 N–H and O–H groups in total. The van der Waals surface area contributed by atoms with E-state index < -0.39 is 11.6 Å². The monoisotopic (exact) mass is 445 g/mol. The zero-order valence-electron chi connectivity index (χ0n) is 17.7. The Balaban J connectivity index is 1.62. The molecule has 0 radical (unpaired) electrons. The number of methoxy groups -OCH3 is 1. The fourth-order valence-corrected chi connectivity index (χ4v) is 5.07. The maximum atomic E-state index is 13.8. The van der Waals surface area contributed by atoms with Gasteiger partial charge in [-0.25, -0.2) is 0 Å². The number of carbonyl (C=O) groups excluding carboxylic acids is 1. The average Bonchev–Trinajstić information content (AvgIpc) is 2.79. The Hall–Kier alpha value is -3.58. The van der Waals surface area contributed by atoms with Crippen molar-refractivity contribution >= 4 is 34.6 Å². The topological polar surface area (TPSA) is 62.8 Å². The normalized spacial score (nSPS) is 23.4. The lowest BCUT2D eigenvalue weighted by atomic mass is 9.78. The van der Waals surface area contributed by atoms with Crippen LogP contribution in [0, 0.1) is 5.92 Å². The first kappa shape index (κ1) is 20.3. The molecule has 32 heavy (non-hydrogen) atoms. The van der Waals surface area contributed by atoms with Gasteiger partial charge in [0.2, 0.25) is 5.91 Å². The number of nitrogens with zero attached hydrogens (tertiary/aromatic N) is 1. The minimum absolute atomic E-state index is 0.188. The summed E-state index contributed by atoms with van der Waals surface area (Å²) >= 11 is 5.76. The largest absolute Gasteiger partial charge is 0.495 e. The number of amides is 1. The number of thiocarbonyl (C=S) groups is 1. The summed E-state index contributed by atoms with van der Waals surface area (Å²) in [5.41, 5.74) is 1.31. The van der Waals surface area contributed by atoms with Crippen molar-refractivity contribution in [2.75, 3.05) is 17.3 Å². The van der Waals surface area contributed by atoms with Gasteiger partial charge in [0.25, 0.3) is 0 Å². The summed E-state index contributed by atoms with van der Waals surface area (Å²) in [4.78, 5) is 15.7. The fourth-order valence-electron chi connectivity index (χ4n) is 4.65. The van der Waals surface area contributed by atoms with E-state index in [0.29, 0.717) is 16.5 Å². The van der Waals surface area contributed by atoms with E-state index in [-0.39, 0.29) is 11.9 Å². The van der Waals surface area contributed by atoms with Gasteiger partial charge in [0, 0.05) is 11.3 Å². The van der Waals surface area contributed by atoms with Gasteiger partial charge in [0.05, 0.1) is 18.8 Å². The van der Waals surface area contributed by atoms with Crippen LogP contribution >= 0.6 is 12.2 Å². The Labute approximate surface area is 192 Å². The van der Waals surface area contributed by atoms with E-state index in [1.54, 1.807) is 7.11 Å². The lowest BCUT2D eigenvalue weighted by Crippen LogP contribution is -2.72. The average molecular weight is 446 g/mol. The van der Waals surface area contributed by atoms with Gasteiger partial charge in [-0.15, -0.1) is 0 Å². The van der Waals surface area contributed by atoms with Gasteiger partial charge in [-0.05, 0) is 49.5 Å². The van der Waals surface area contributed by atoms with Gasteiger partial charge >= 0.3 is 0 Å². The molecule has 162 valence electrons. The molecule has 0 saturated carbocycles. The molecule has 0 aromatic heterocycles. The third-order valence-corrected chi connectivity index (χ3v) is 6.37. The molecule has 5 rings (SSSR count). The standard InChI is InChI=1S/C25H23N3O3S/c1-25-21(23(29)26-18-13-7-9-15-20(18)30-2)22(17-12-6-8-14-19(17)31-25)27-24(32)28(25)16-10-4-3-5-11-16/h3-15,21-22H,1-2H3,(H,26,29)(H,27,32). The lowest BCUT2D eigenvalue weighted by Gasteiger charge is -2.56. The second kappa shape index (κ2) is 7.84. The molecule has 2 bridgehead atoms. The summed E-state index contributed by atoms with van der Waals surface area (Å²) in [5.74, 6) is 0.538. The van der Waals surface area contributed by atoms with Crippen molar-refractivity contribution in [1.82, 2.24) is 5.32 Å². The second-order valence-electron chi connectivity index (χ2n) is 7.96. The molecular formula is C25H23N3O3S. The van der Waals surface area contributed by atoms with Gasteiger partial charge in [0.1, 0.15) is 17.4 Å². The summed E-state index contributed by atoms with van der Waals surface area (Å²) in [6.45, 7) is 1.92. The van der Waals surface area contributed by atoms with E-state index in [1.807, 2.05) is 90.7 Å². The van der Waals surface area contributed by atoms with Gasteiger partial charge in [-0.1, -0.05) is 48.5 Å². The molecule has 7 heteroatoms. The predicted molar refractivity (Wildman–Crippen MR) is 128 cm³/mol. The predicted octanol–water partition coefficient (Wildman–Crippen LogP) is 4.49. The summed E-state index contributed by atoms with van der Waals surface area (Å²) in [6, 6.07) is 24.5. The Kier molecular flexibility index (Phi) is 4.98. The van der Waals surface area contributed by atoms with E-state index in [2.05, 4.69) is 10.6 Å². The van der Waals surface area contributed by atoms with E-state index in [0.717, 1.165) is 17.0 Å². The summed E-state index contributed by atoms with van der Waals surface area (Å²) in [7, 11) is 1.58. The molecule has 3 aromatic rings. The quantitative estimate of drug-likeness (QED) is 0.577. The van der Waals surface area contributed by atoms with E-state index in [1.165, 1.54) is 0 Å². The summed E-state index contributed by atoms with van der Waals surface area (Å²) < 4.78 is 12.0. The third kappa shape index (κ3) is 3.17. The number of para-hydroxylation sites is 4. The molecule has 2 aliphatic heterocycles. The van der Waals surface area contributed by atoms with Gasteiger partial charge in [0.15, 0.2) is 10.8 Å². The molecule has 2 heterocycles. The number of ether oxygens (including phenoxy) is 2. The van der Waals surface area contributed by atoms with Crippen LogP contribution in [0.15, 0.2) is 78.9 Å². The number of rotatable bonds is 4. The van der Waals surface area contributed by atoms with Crippen LogP contribution in [-0.2, 0) is 4.79 Å². The summed E-state index contributed by atoms with van der Waals surface area (Å²) in [5, 5.41) is 6.97. The van der Waals surface area contributed by atoms with Crippen LogP contribution in [0.2, 0.25) is 0 Å². The molecule has 3 aromatic carbocycles. The number of nitrogens with one attached hydrogen (secondary N) is 2. The summed E-state index contributed by atoms with van der Waals surface area (Å²) in [6.07, 6.45) is 0. The lowest BCUT2D eigenvalue weighted by molar-refractivity contribution is -0.130. The first-order chi connectivity index (χ1) is 15.5. The number of carbonyl (C=O) groups is 1. The minimum Gasteiger partial charge on any atom is -0.495 e. The van der Waals surface area contributed by atoms with Gasteiger partial charge in [-0.2, -0.15) is 0 Å². The smallest absolute Gasteiger partial charge is 0.236 e. The molecule has 6 nitrogen and oxygen atoms in total. The Morgan fingerprint density at radius 3 is 2.53 bits per heavy atom. The van der Waals surface area contributed by atoms with Crippen LogP contribution < -0.4 is 25.0 Å². The fraction of sp³-hybridized carbons (Fsp3) is 0.200.